The average molecular weight is 379 g/mol. The molecule has 0 radical (unpaired) electrons. The van der Waals surface area contributed by atoms with Crippen molar-refractivity contribution in [1.29, 1.82) is 0 Å². The van der Waals surface area contributed by atoms with Gasteiger partial charge in [-0.2, -0.15) is 0 Å². The summed E-state index contributed by atoms with van der Waals surface area (Å²) in [7, 11) is 1.23. The minimum absolute atomic E-state index is 0.0861. The molecule has 1 aliphatic heterocycles. The number of hydrogen-bond donors (Lipinski definition) is 2. The van der Waals surface area contributed by atoms with E-state index in [0.717, 1.165) is 0 Å². The molecule has 2 N–H and O–H groups in total. The molecular weight excluding hydrogens is 362 g/mol. The lowest BCUT2D eigenvalue weighted by Crippen LogP contribution is -2.44. The van der Waals surface area contributed by atoms with Crippen molar-refractivity contribution in [3.8, 4) is 11.5 Å². The standard InChI is InChI=1S/C16H17N3O6S/c1-7-12(8(2)20)13(18-16(26)17-7)10-5-6-11(25-9(3)21)15(24-4)14(10)19(22)23/h5-6,13H,1-4H3,(H2,17,18,26). The first-order valence-corrected chi connectivity index (χ1v) is 7.91. The molecule has 26 heavy (non-hydrogen) atoms. The summed E-state index contributed by atoms with van der Waals surface area (Å²) in [5.74, 6) is -1.22. The summed E-state index contributed by atoms with van der Waals surface area (Å²) in [5.41, 5.74) is 0.559. The fraction of sp³-hybridized carbons (Fsp3) is 0.312. The molecule has 0 amide bonds. The van der Waals surface area contributed by atoms with E-state index >= 15 is 0 Å². The molecule has 1 atom stereocenters. The fourth-order valence-electron chi connectivity index (χ4n) is 2.82. The highest BCUT2D eigenvalue weighted by molar-refractivity contribution is 7.80. The van der Waals surface area contributed by atoms with Crippen LogP contribution < -0.4 is 20.1 Å². The largest absolute Gasteiger partial charge is 0.488 e. The summed E-state index contributed by atoms with van der Waals surface area (Å²) in [4.78, 5) is 34.4. The van der Waals surface area contributed by atoms with Gasteiger partial charge in [0.25, 0.3) is 0 Å². The van der Waals surface area contributed by atoms with Gasteiger partial charge in [-0.25, -0.2) is 0 Å². The number of benzene rings is 1. The van der Waals surface area contributed by atoms with Crippen molar-refractivity contribution in [3.05, 3.63) is 39.1 Å². The second-order valence-corrected chi connectivity index (χ2v) is 5.92. The Morgan fingerprint density at radius 2 is 1.96 bits per heavy atom. The van der Waals surface area contributed by atoms with E-state index in [0.29, 0.717) is 11.3 Å². The van der Waals surface area contributed by atoms with Crippen LogP contribution in [0.3, 0.4) is 0 Å². The SMILES string of the molecule is COc1c(OC(C)=O)ccc(C2NC(=S)NC(C)=C2C(C)=O)c1[N+](=O)[O-]. The Morgan fingerprint density at radius 3 is 2.46 bits per heavy atom. The Balaban J connectivity index is 2.74. The maximum Gasteiger partial charge on any atom is 0.320 e. The van der Waals surface area contributed by atoms with Crippen LogP contribution >= 0.6 is 12.2 Å². The molecule has 0 saturated carbocycles. The number of thiocarbonyl (C=S) groups is 1. The Morgan fingerprint density at radius 1 is 1.31 bits per heavy atom. The van der Waals surface area contributed by atoms with Crippen LogP contribution in [0.4, 0.5) is 5.69 Å². The zero-order chi connectivity index (χ0) is 19.6. The van der Waals surface area contributed by atoms with Gasteiger partial charge in [0.05, 0.1) is 23.6 Å². The lowest BCUT2D eigenvalue weighted by molar-refractivity contribution is -0.386. The number of carbonyl (C=O) groups is 2. The summed E-state index contributed by atoms with van der Waals surface area (Å²) in [5, 5.41) is 17.7. The number of carbonyl (C=O) groups excluding carboxylic acids is 2. The molecule has 1 aliphatic rings. The smallest absolute Gasteiger partial charge is 0.320 e. The van der Waals surface area contributed by atoms with Gasteiger partial charge in [0.15, 0.2) is 16.6 Å². The molecule has 1 heterocycles. The van der Waals surface area contributed by atoms with E-state index in [1.165, 1.54) is 33.1 Å². The Bertz CT molecular complexity index is 849. The van der Waals surface area contributed by atoms with Crippen molar-refractivity contribution in [2.24, 2.45) is 0 Å². The van der Waals surface area contributed by atoms with Crippen LogP contribution in [0.15, 0.2) is 23.4 Å². The molecule has 0 saturated heterocycles. The monoisotopic (exact) mass is 379 g/mol. The predicted molar refractivity (Wildman–Crippen MR) is 95.9 cm³/mol. The van der Waals surface area contributed by atoms with E-state index in [-0.39, 0.29) is 28.0 Å². The first kappa shape index (κ1) is 19.3. The van der Waals surface area contributed by atoms with E-state index in [1.54, 1.807) is 6.92 Å². The van der Waals surface area contributed by atoms with Gasteiger partial charge in [-0.1, -0.05) is 0 Å². The van der Waals surface area contributed by atoms with E-state index < -0.39 is 22.6 Å². The van der Waals surface area contributed by atoms with Gasteiger partial charge in [0.2, 0.25) is 5.75 Å². The molecule has 138 valence electrons. The third-order valence-corrected chi connectivity index (χ3v) is 3.95. The highest BCUT2D eigenvalue weighted by atomic mass is 32.1. The number of hydrogen-bond acceptors (Lipinski definition) is 7. The van der Waals surface area contributed by atoms with Crippen molar-refractivity contribution in [3.63, 3.8) is 0 Å². The first-order valence-electron chi connectivity index (χ1n) is 7.50. The second kappa shape index (κ2) is 7.48. The summed E-state index contributed by atoms with van der Waals surface area (Å²) < 4.78 is 10.1. The minimum Gasteiger partial charge on any atom is -0.488 e. The van der Waals surface area contributed by atoms with Crippen LogP contribution in [0.25, 0.3) is 0 Å². The number of Topliss-reactive ketones (excluding diaryl/α,β-unsaturated/α-hetero) is 1. The van der Waals surface area contributed by atoms with Crippen molar-refractivity contribution in [1.82, 2.24) is 10.6 Å². The number of nitro groups is 1. The number of methoxy groups -OCH3 is 1. The fourth-order valence-corrected chi connectivity index (χ4v) is 3.09. The van der Waals surface area contributed by atoms with Gasteiger partial charge in [0, 0.05) is 18.2 Å². The number of ether oxygens (including phenoxy) is 2. The minimum atomic E-state index is -0.845. The Kier molecular flexibility index (Phi) is 5.56. The van der Waals surface area contributed by atoms with Gasteiger partial charge in [-0.3, -0.25) is 19.7 Å². The van der Waals surface area contributed by atoms with Gasteiger partial charge in [-0.15, -0.1) is 0 Å². The number of nitrogens with one attached hydrogen (secondary N) is 2. The summed E-state index contributed by atoms with van der Waals surface area (Å²) in [6.45, 7) is 4.19. The van der Waals surface area contributed by atoms with Crippen LogP contribution in [0.5, 0.6) is 11.5 Å². The topological polar surface area (TPSA) is 120 Å². The zero-order valence-corrected chi connectivity index (χ0v) is 15.4. The molecule has 0 bridgehead atoms. The lowest BCUT2D eigenvalue weighted by Gasteiger charge is -2.29. The maximum absolute atomic E-state index is 12.1. The predicted octanol–water partition coefficient (Wildman–Crippen LogP) is 1.91. The molecule has 0 aromatic heterocycles. The highest BCUT2D eigenvalue weighted by Crippen LogP contribution is 2.44. The highest BCUT2D eigenvalue weighted by Gasteiger charge is 2.36. The molecule has 1 unspecified atom stereocenters. The first-order chi connectivity index (χ1) is 12.2. The maximum atomic E-state index is 12.1. The number of nitrogens with zero attached hydrogens (tertiary/aromatic N) is 1. The third kappa shape index (κ3) is 3.64. The molecule has 10 heteroatoms. The summed E-state index contributed by atoms with van der Waals surface area (Å²) >= 11 is 5.11. The molecule has 0 aliphatic carbocycles. The summed E-state index contributed by atoms with van der Waals surface area (Å²) in [6.07, 6.45) is 0. The van der Waals surface area contributed by atoms with Crippen LogP contribution in [0.2, 0.25) is 0 Å². The van der Waals surface area contributed by atoms with Crippen LogP contribution in [0, 0.1) is 10.1 Å². The van der Waals surface area contributed by atoms with Gasteiger partial charge in [0.1, 0.15) is 0 Å². The molecule has 1 aromatic rings. The van der Waals surface area contributed by atoms with E-state index in [1.807, 2.05) is 0 Å². The van der Waals surface area contributed by atoms with Gasteiger partial charge in [-0.05, 0) is 38.2 Å². The second-order valence-electron chi connectivity index (χ2n) is 5.51. The Hall–Kier alpha value is -3.01. The number of allylic oxidation sites excluding steroid dienone is 1. The molecule has 2 rings (SSSR count). The van der Waals surface area contributed by atoms with Gasteiger partial charge >= 0.3 is 11.7 Å². The number of esters is 1. The normalized spacial score (nSPS) is 16.5. The molecule has 0 spiro atoms. The molecule has 9 nitrogen and oxygen atoms in total. The number of rotatable bonds is 5. The van der Waals surface area contributed by atoms with Crippen LogP contribution in [0.1, 0.15) is 32.4 Å². The molecular formula is C16H17N3O6S. The third-order valence-electron chi connectivity index (χ3n) is 3.73. The quantitative estimate of drug-likeness (QED) is 0.260. The van der Waals surface area contributed by atoms with Crippen molar-refractivity contribution in [2.75, 3.05) is 7.11 Å². The zero-order valence-electron chi connectivity index (χ0n) is 14.5. The number of ketones is 1. The molecule has 1 aromatic carbocycles. The van der Waals surface area contributed by atoms with Gasteiger partial charge < -0.3 is 20.1 Å². The lowest BCUT2D eigenvalue weighted by atomic mass is 9.91. The average Bonchev–Trinajstić information content (AvgIpc) is 2.52. The van der Waals surface area contributed by atoms with Crippen molar-refractivity contribution < 1.29 is 24.0 Å². The van der Waals surface area contributed by atoms with Crippen LogP contribution in [-0.4, -0.2) is 28.9 Å². The number of nitro benzene ring substituents is 1. The Labute approximate surface area is 154 Å². The van der Waals surface area contributed by atoms with E-state index in [2.05, 4.69) is 10.6 Å². The van der Waals surface area contributed by atoms with E-state index in [9.17, 15) is 19.7 Å². The van der Waals surface area contributed by atoms with E-state index in [4.69, 9.17) is 21.7 Å². The molecule has 0 fully saturated rings. The van der Waals surface area contributed by atoms with Crippen LogP contribution in [-0.2, 0) is 9.59 Å². The van der Waals surface area contributed by atoms with Crippen molar-refractivity contribution in [2.45, 2.75) is 26.8 Å². The summed E-state index contributed by atoms with van der Waals surface area (Å²) in [6, 6.07) is 1.94. The van der Waals surface area contributed by atoms with Crippen molar-refractivity contribution >= 4 is 34.8 Å².